The summed E-state index contributed by atoms with van der Waals surface area (Å²) in [6, 6.07) is 2.58. The topological polar surface area (TPSA) is 111 Å². The molecule has 0 saturated heterocycles. The van der Waals surface area contributed by atoms with Gasteiger partial charge in [-0.2, -0.15) is 0 Å². The molecule has 0 aliphatic carbocycles. The van der Waals surface area contributed by atoms with E-state index in [9.17, 15) is 14.5 Å². The van der Waals surface area contributed by atoms with Crippen LogP contribution in [0.5, 0.6) is 0 Å². The number of nitrogens with zero attached hydrogens (tertiary/aromatic N) is 1. The van der Waals surface area contributed by atoms with Gasteiger partial charge in [-0.3, -0.25) is 9.55 Å². The van der Waals surface area contributed by atoms with Gasteiger partial charge < -0.3 is 19.7 Å². The zero-order valence-corrected chi connectivity index (χ0v) is 14.5. The molecule has 1 aromatic heterocycles. The van der Waals surface area contributed by atoms with Crippen molar-refractivity contribution >= 4 is 15.9 Å². The molecule has 0 bridgehead atoms. The predicted molar refractivity (Wildman–Crippen MR) is 83.4 cm³/mol. The predicted octanol–water partition coefficient (Wildman–Crippen LogP) is 1.64. The van der Waals surface area contributed by atoms with E-state index in [-0.39, 0.29) is 6.42 Å². The van der Waals surface area contributed by atoms with Crippen LogP contribution in [-0.2, 0) is 17.4 Å². The third kappa shape index (κ3) is 6.38. The summed E-state index contributed by atoms with van der Waals surface area (Å²) in [6.07, 6.45) is 4.63. The van der Waals surface area contributed by atoms with Crippen molar-refractivity contribution in [1.29, 1.82) is 0 Å². The third-order valence-corrected chi connectivity index (χ3v) is 6.26. The van der Waals surface area contributed by atoms with Gasteiger partial charge in [-0.05, 0) is 50.0 Å². The Balaban J connectivity index is 2.71. The van der Waals surface area contributed by atoms with Crippen molar-refractivity contribution in [3.05, 3.63) is 29.6 Å². The monoisotopic (exact) mass is 333 g/mol. The summed E-state index contributed by atoms with van der Waals surface area (Å²) in [6.45, 7) is 4.90. The van der Waals surface area contributed by atoms with Crippen LogP contribution in [0.2, 0.25) is 19.1 Å². The highest BCUT2D eigenvalue weighted by Gasteiger charge is 2.40. The smallest absolute Gasteiger partial charge is 0.356 e. The van der Waals surface area contributed by atoms with Crippen LogP contribution in [0.1, 0.15) is 24.5 Å². The molecule has 0 aromatic carbocycles. The number of aryl methyl sites for hydroxylation is 1. The molecule has 8 heteroatoms. The van der Waals surface area contributed by atoms with Gasteiger partial charge in [-0.1, -0.05) is 6.07 Å². The van der Waals surface area contributed by atoms with Gasteiger partial charge in [0.1, 0.15) is 0 Å². The summed E-state index contributed by atoms with van der Waals surface area (Å²) in [5, 5.41) is 7.77. The second kappa shape index (κ2) is 6.69. The molecule has 0 amide bonds. The fraction of sp³-hybridized carbons (Fsp3) is 0.615. The first kappa shape index (κ1) is 18.5. The lowest BCUT2D eigenvalue weighted by molar-refractivity contribution is 0.109. The zero-order chi connectivity index (χ0) is 16.3. The van der Waals surface area contributed by atoms with Crippen molar-refractivity contribution in [3.63, 3.8) is 0 Å². The molecule has 4 N–H and O–H groups in total. The van der Waals surface area contributed by atoms with Gasteiger partial charge in [0.2, 0.25) is 0 Å². The molecule has 1 unspecified atom stereocenters. The van der Waals surface area contributed by atoms with E-state index in [0.717, 1.165) is 31.4 Å². The summed E-state index contributed by atoms with van der Waals surface area (Å²) in [5.74, 6) is 0. The van der Waals surface area contributed by atoms with E-state index in [1.165, 1.54) is 6.20 Å². The van der Waals surface area contributed by atoms with Crippen molar-refractivity contribution in [1.82, 2.24) is 4.98 Å². The first-order valence-corrected chi connectivity index (χ1v) is 11.6. The summed E-state index contributed by atoms with van der Waals surface area (Å²) in [7, 11) is -6.64. The van der Waals surface area contributed by atoms with Gasteiger partial charge in [0.25, 0.3) is 0 Å². The minimum Gasteiger partial charge on any atom is -0.432 e. The molecule has 1 rings (SSSR count). The molecule has 0 radical (unpaired) electrons. The van der Waals surface area contributed by atoms with Crippen LogP contribution in [0.3, 0.4) is 0 Å². The van der Waals surface area contributed by atoms with Crippen molar-refractivity contribution in [2.24, 2.45) is 0 Å². The Bertz CT molecular complexity index is 524. The van der Waals surface area contributed by atoms with Crippen LogP contribution in [0.25, 0.3) is 0 Å². The SMILES string of the molecule is CC(O)(Cc1cncc(CCC[Si](C)(C)O)c1)P(=O)(O)O. The Morgan fingerprint density at radius 3 is 2.38 bits per heavy atom. The molecule has 0 fully saturated rings. The number of hydrogen-bond donors (Lipinski definition) is 4. The molecule has 21 heavy (non-hydrogen) atoms. The minimum atomic E-state index is -4.59. The highest BCUT2D eigenvalue weighted by atomic mass is 31.2. The van der Waals surface area contributed by atoms with Crippen LogP contribution in [0.15, 0.2) is 18.5 Å². The molecule has 1 aromatic rings. The first-order valence-electron chi connectivity index (χ1n) is 6.84. The van der Waals surface area contributed by atoms with E-state index in [2.05, 4.69) is 4.98 Å². The molecule has 120 valence electrons. The maximum Gasteiger partial charge on any atom is 0.356 e. The van der Waals surface area contributed by atoms with Crippen LogP contribution in [0, 0.1) is 0 Å². The summed E-state index contributed by atoms with van der Waals surface area (Å²) < 4.78 is 11.2. The Morgan fingerprint density at radius 2 is 1.86 bits per heavy atom. The molecule has 0 spiro atoms. The largest absolute Gasteiger partial charge is 0.432 e. The standard InChI is InChI=1S/C13H24NO5PSi/c1-13(15,20(16,17)18)8-12-7-11(9-14-10-12)5-4-6-21(2,3)19/h7,9-10,15,19H,4-6,8H2,1-3H3,(H2,16,17,18). The zero-order valence-electron chi connectivity index (χ0n) is 12.7. The molecular formula is C13H24NO5PSi. The van der Waals surface area contributed by atoms with Crippen LogP contribution in [-0.4, -0.2) is 38.3 Å². The van der Waals surface area contributed by atoms with Crippen molar-refractivity contribution in [2.45, 2.75) is 50.7 Å². The van der Waals surface area contributed by atoms with Crippen LogP contribution >= 0.6 is 7.60 Å². The van der Waals surface area contributed by atoms with E-state index in [1.807, 2.05) is 13.1 Å². The van der Waals surface area contributed by atoms with Crippen molar-refractivity contribution in [2.75, 3.05) is 0 Å². The Labute approximate surface area is 126 Å². The Morgan fingerprint density at radius 1 is 1.29 bits per heavy atom. The molecule has 0 saturated carbocycles. The summed E-state index contributed by atoms with van der Waals surface area (Å²) in [4.78, 5) is 32.1. The molecular weight excluding hydrogens is 309 g/mol. The van der Waals surface area contributed by atoms with Gasteiger partial charge in [-0.15, -0.1) is 0 Å². The quantitative estimate of drug-likeness (QED) is 0.446. The Kier molecular flexibility index (Phi) is 5.88. The van der Waals surface area contributed by atoms with E-state index in [0.29, 0.717) is 5.56 Å². The van der Waals surface area contributed by atoms with Gasteiger partial charge in [-0.25, -0.2) is 0 Å². The number of aromatic nitrogens is 1. The lowest BCUT2D eigenvalue weighted by atomic mass is 10.1. The van der Waals surface area contributed by atoms with Gasteiger partial charge in [0.15, 0.2) is 13.7 Å². The number of pyridine rings is 1. The first-order chi connectivity index (χ1) is 9.41. The average Bonchev–Trinajstić information content (AvgIpc) is 2.25. The van der Waals surface area contributed by atoms with E-state index in [1.54, 1.807) is 12.3 Å². The molecule has 1 atom stereocenters. The maximum absolute atomic E-state index is 11.2. The minimum absolute atomic E-state index is 0.154. The van der Waals surface area contributed by atoms with Gasteiger partial charge in [0.05, 0.1) is 0 Å². The molecule has 6 nitrogen and oxygen atoms in total. The van der Waals surface area contributed by atoms with E-state index in [4.69, 9.17) is 9.79 Å². The summed E-state index contributed by atoms with van der Waals surface area (Å²) in [5.41, 5.74) is 1.52. The summed E-state index contributed by atoms with van der Waals surface area (Å²) >= 11 is 0. The average molecular weight is 333 g/mol. The van der Waals surface area contributed by atoms with E-state index < -0.39 is 21.3 Å². The third-order valence-electron chi connectivity index (χ3n) is 3.27. The van der Waals surface area contributed by atoms with Gasteiger partial charge >= 0.3 is 7.60 Å². The highest BCUT2D eigenvalue weighted by Crippen LogP contribution is 2.50. The Hall–Kier alpha value is -0.563. The lowest BCUT2D eigenvalue weighted by Gasteiger charge is -2.24. The number of hydrogen-bond acceptors (Lipinski definition) is 4. The number of rotatable bonds is 7. The second-order valence-corrected chi connectivity index (χ2v) is 12.5. The van der Waals surface area contributed by atoms with Crippen molar-refractivity contribution < 1.29 is 24.3 Å². The normalized spacial score (nSPS) is 15.8. The fourth-order valence-electron chi connectivity index (χ4n) is 1.99. The lowest BCUT2D eigenvalue weighted by Crippen LogP contribution is -2.27. The molecule has 0 aliphatic rings. The molecule has 0 aliphatic heterocycles. The van der Waals surface area contributed by atoms with Crippen LogP contribution < -0.4 is 0 Å². The fourth-order valence-corrected chi connectivity index (χ4v) is 3.42. The highest BCUT2D eigenvalue weighted by molar-refractivity contribution is 7.53. The van der Waals surface area contributed by atoms with E-state index >= 15 is 0 Å². The maximum atomic E-state index is 11.2. The van der Waals surface area contributed by atoms with Gasteiger partial charge in [0, 0.05) is 18.8 Å². The van der Waals surface area contributed by atoms with Crippen molar-refractivity contribution in [3.8, 4) is 0 Å². The van der Waals surface area contributed by atoms with Crippen LogP contribution in [0.4, 0.5) is 0 Å². The number of aliphatic hydroxyl groups is 1. The molecule has 1 heterocycles. The second-order valence-electron chi connectivity index (χ2n) is 6.31.